The molecule has 2 aromatic carbocycles. The Morgan fingerprint density at radius 2 is 1.47 bits per heavy atom. The van der Waals surface area contributed by atoms with Crippen LogP contribution >= 0.6 is 0 Å². The van der Waals surface area contributed by atoms with Crippen molar-refractivity contribution in [2.45, 2.75) is 6.10 Å². The summed E-state index contributed by atoms with van der Waals surface area (Å²) in [6.07, 6.45) is -0.682. The van der Waals surface area contributed by atoms with Crippen molar-refractivity contribution in [3.8, 4) is 5.75 Å². The lowest BCUT2D eigenvalue weighted by atomic mass is 10.0. The standard InChI is InChI=1S/C13H12O2/c14-12-8-4-7-11(9-12)13(15)10-5-2-1-3-6-10/h1-9,13-15H/t13-/m0/s1. The van der Waals surface area contributed by atoms with E-state index in [9.17, 15) is 10.2 Å². The molecule has 2 aromatic rings. The molecule has 0 heterocycles. The van der Waals surface area contributed by atoms with Gasteiger partial charge in [-0.1, -0.05) is 42.5 Å². The van der Waals surface area contributed by atoms with Gasteiger partial charge in [-0.25, -0.2) is 0 Å². The highest BCUT2D eigenvalue weighted by Crippen LogP contribution is 2.23. The maximum absolute atomic E-state index is 10.0. The predicted octanol–water partition coefficient (Wildman–Crippen LogP) is 2.47. The van der Waals surface area contributed by atoms with Crippen LogP contribution in [0.2, 0.25) is 0 Å². The van der Waals surface area contributed by atoms with Gasteiger partial charge >= 0.3 is 0 Å². The molecule has 15 heavy (non-hydrogen) atoms. The Morgan fingerprint density at radius 3 is 2.13 bits per heavy atom. The number of hydrogen-bond acceptors (Lipinski definition) is 2. The lowest BCUT2D eigenvalue weighted by Crippen LogP contribution is -1.98. The molecule has 0 amide bonds. The van der Waals surface area contributed by atoms with E-state index >= 15 is 0 Å². The summed E-state index contributed by atoms with van der Waals surface area (Å²) in [6.45, 7) is 0. The summed E-state index contributed by atoms with van der Waals surface area (Å²) in [4.78, 5) is 0. The van der Waals surface area contributed by atoms with E-state index in [0.717, 1.165) is 5.56 Å². The molecular formula is C13H12O2. The van der Waals surface area contributed by atoms with Crippen LogP contribution in [0.1, 0.15) is 17.2 Å². The molecule has 2 heteroatoms. The van der Waals surface area contributed by atoms with Crippen molar-refractivity contribution in [2.24, 2.45) is 0 Å². The molecule has 2 rings (SSSR count). The molecule has 0 saturated heterocycles. The summed E-state index contributed by atoms with van der Waals surface area (Å²) in [6, 6.07) is 16.0. The van der Waals surface area contributed by atoms with Crippen LogP contribution in [0.3, 0.4) is 0 Å². The third-order valence-corrected chi connectivity index (χ3v) is 2.30. The molecule has 0 aliphatic rings. The largest absolute Gasteiger partial charge is 0.508 e. The van der Waals surface area contributed by atoms with E-state index in [1.165, 1.54) is 0 Å². The first-order valence-corrected chi connectivity index (χ1v) is 4.79. The highest BCUT2D eigenvalue weighted by atomic mass is 16.3. The Hall–Kier alpha value is -1.80. The Kier molecular flexibility index (Phi) is 2.70. The van der Waals surface area contributed by atoms with E-state index in [-0.39, 0.29) is 5.75 Å². The first kappa shape index (κ1) is 9.74. The molecule has 0 saturated carbocycles. The smallest absolute Gasteiger partial charge is 0.115 e. The quantitative estimate of drug-likeness (QED) is 0.781. The van der Waals surface area contributed by atoms with Crippen LogP contribution in [0.4, 0.5) is 0 Å². The molecule has 0 unspecified atom stereocenters. The van der Waals surface area contributed by atoms with Gasteiger partial charge < -0.3 is 10.2 Å². The second-order valence-electron chi connectivity index (χ2n) is 3.41. The Labute approximate surface area is 88.4 Å². The number of hydrogen-bond donors (Lipinski definition) is 2. The minimum absolute atomic E-state index is 0.169. The fraction of sp³-hybridized carbons (Fsp3) is 0.0769. The van der Waals surface area contributed by atoms with Crippen molar-refractivity contribution in [3.05, 3.63) is 65.7 Å². The topological polar surface area (TPSA) is 40.5 Å². The van der Waals surface area contributed by atoms with Gasteiger partial charge in [0.15, 0.2) is 0 Å². The Morgan fingerprint density at radius 1 is 0.800 bits per heavy atom. The van der Waals surface area contributed by atoms with Gasteiger partial charge in [-0.05, 0) is 23.3 Å². The first-order chi connectivity index (χ1) is 7.27. The molecule has 0 fully saturated rings. The maximum Gasteiger partial charge on any atom is 0.115 e. The molecule has 2 N–H and O–H groups in total. The van der Waals surface area contributed by atoms with Crippen LogP contribution in [0.15, 0.2) is 54.6 Å². The number of aromatic hydroxyl groups is 1. The van der Waals surface area contributed by atoms with E-state index in [1.54, 1.807) is 24.3 Å². The van der Waals surface area contributed by atoms with E-state index in [2.05, 4.69) is 0 Å². The number of phenolic OH excluding ortho intramolecular Hbond substituents is 1. The third-order valence-electron chi connectivity index (χ3n) is 2.30. The Balaban J connectivity index is 2.32. The fourth-order valence-electron chi connectivity index (χ4n) is 1.52. The molecule has 0 radical (unpaired) electrons. The maximum atomic E-state index is 10.0. The summed E-state index contributed by atoms with van der Waals surface area (Å²) < 4.78 is 0. The molecule has 0 aromatic heterocycles. The minimum Gasteiger partial charge on any atom is -0.508 e. The van der Waals surface area contributed by atoms with Crippen molar-refractivity contribution in [1.29, 1.82) is 0 Å². The van der Waals surface area contributed by atoms with Crippen LogP contribution < -0.4 is 0 Å². The van der Waals surface area contributed by atoms with Crippen LogP contribution in [-0.4, -0.2) is 10.2 Å². The normalized spacial score (nSPS) is 12.3. The van der Waals surface area contributed by atoms with Crippen LogP contribution in [0.5, 0.6) is 5.75 Å². The van der Waals surface area contributed by atoms with Crippen LogP contribution in [0.25, 0.3) is 0 Å². The average Bonchev–Trinajstić information content (AvgIpc) is 2.29. The zero-order valence-electron chi connectivity index (χ0n) is 8.17. The zero-order chi connectivity index (χ0) is 10.7. The summed E-state index contributed by atoms with van der Waals surface area (Å²) in [5.74, 6) is 0.169. The Bertz CT molecular complexity index is 437. The monoisotopic (exact) mass is 200 g/mol. The van der Waals surface area contributed by atoms with Crippen molar-refractivity contribution in [1.82, 2.24) is 0 Å². The molecule has 0 aliphatic carbocycles. The lowest BCUT2D eigenvalue weighted by molar-refractivity contribution is 0.220. The van der Waals surface area contributed by atoms with E-state index in [0.29, 0.717) is 5.56 Å². The van der Waals surface area contributed by atoms with Crippen molar-refractivity contribution < 1.29 is 10.2 Å². The zero-order valence-corrected chi connectivity index (χ0v) is 8.17. The first-order valence-electron chi connectivity index (χ1n) is 4.79. The van der Waals surface area contributed by atoms with Gasteiger partial charge in [-0.15, -0.1) is 0 Å². The molecule has 1 atom stereocenters. The number of aliphatic hydroxyl groups excluding tert-OH is 1. The summed E-state index contributed by atoms with van der Waals surface area (Å²) in [5.41, 5.74) is 1.52. The molecule has 0 aliphatic heterocycles. The molecule has 2 nitrogen and oxygen atoms in total. The summed E-state index contributed by atoms with van der Waals surface area (Å²) in [7, 11) is 0. The SMILES string of the molecule is Oc1cccc([C@@H](O)c2ccccc2)c1. The van der Waals surface area contributed by atoms with E-state index in [4.69, 9.17) is 0 Å². The summed E-state index contributed by atoms with van der Waals surface area (Å²) in [5, 5.41) is 19.3. The molecule has 0 bridgehead atoms. The van der Waals surface area contributed by atoms with Crippen molar-refractivity contribution >= 4 is 0 Å². The van der Waals surface area contributed by atoms with Gasteiger partial charge in [-0.3, -0.25) is 0 Å². The predicted molar refractivity (Wildman–Crippen MR) is 58.6 cm³/mol. The summed E-state index contributed by atoms with van der Waals surface area (Å²) >= 11 is 0. The van der Waals surface area contributed by atoms with Gasteiger partial charge in [0.25, 0.3) is 0 Å². The molecule has 76 valence electrons. The number of phenols is 1. The van der Waals surface area contributed by atoms with Crippen LogP contribution in [-0.2, 0) is 0 Å². The van der Waals surface area contributed by atoms with Crippen LogP contribution in [0, 0.1) is 0 Å². The highest BCUT2D eigenvalue weighted by molar-refractivity contribution is 5.34. The van der Waals surface area contributed by atoms with Gasteiger partial charge in [0.1, 0.15) is 11.9 Å². The van der Waals surface area contributed by atoms with Gasteiger partial charge in [-0.2, -0.15) is 0 Å². The number of benzene rings is 2. The van der Waals surface area contributed by atoms with E-state index < -0.39 is 6.10 Å². The third kappa shape index (κ3) is 2.17. The van der Waals surface area contributed by atoms with Gasteiger partial charge in [0, 0.05) is 0 Å². The van der Waals surface area contributed by atoms with Crippen molar-refractivity contribution in [2.75, 3.05) is 0 Å². The second kappa shape index (κ2) is 4.15. The minimum atomic E-state index is -0.682. The fourth-order valence-corrected chi connectivity index (χ4v) is 1.52. The number of rotatable bonds is 2. The highest BCUT2D eigenvalue weighted by Gasteiger charge is 2.09. The number of aliphatic hydroxyl groups is 1. The second-order valence-corrected chi connectivity index (χ2v) is 3.41. The lowest BCUT2D eigenvalue weighted by Gasteiger charge is -2.11. The van der Waals surface area contributed by atoms with Gasteiger partial charge in [0.2, 0.25) is 0 Å². The molecular weight excluding hydrogens is 188 g/mol. The van der Waals surface area contributed by atoms with Crippen molar-refractivity contribution in [3.63, 3.8) is 0 Å². The van der Waals surface area contributed by atoms with E-state index in [1.807, 2.05) is 30.3 Å². The molecule has 0 spiro atoms. The average molecular weight is 200 g/mol. The van der Waals surface area contributed by atoms with Gasteiger partial charge in [0.05, 0.1) is 0 Å².